The van der Waals surface area contributed by atoms with Crippen molar-refractivity contribution < 1.29 is 28.0 Å². The van der Waals surface area contributed by atoms with E-state index in [9.17, 15) is 28.0 Å². The number of carbonyl (C=O) groups is 2. The number of hydrogen-bond acceptors (Lipinski definition) is 6. The van der Waals surface area contributed by atoms with Gasteiger partial charge < -0.3 is 0 Å². The number of amides is 2. The molecule has 1 atom stereocenters. The molecule has 0 saturated heterocycles. The lowest BCUT2D eigenvalue weighted by molar-refractivity contribution is -0.156. The molecular formula is C14H18F3N5O3. The number of carbonyl (C=O) groups excluding carboxylic acids is 2. The Morgan fingerprint density at radius 3 is 2.72 bits per heavy atom. The van der Waals surface area contributed by atoms with E-state index in [1.165, 1.54) is 0 Å². The SMILES string of the molecule is O=CN(O)CC(C(=O)NNc1nccc(C(F)(F)F)n1)C1CCCC1. The standard InChI is InChI=1S/C14H18F3N5O3/c15-14(16,17)11-5-6-18-13(19-11)21-20-12(24)10(7-22(25)8-23)9-3-1-2-4-9/h5-6,8-10,25H,1-4,7H2,(H,20,24)(H,18,19,21). The number of rotatable bonds is 7. The summed E-state index contributed by atoms with van der Waals surface area (Å²) < 4.78 is 37.8. The molecule has 1 aliphatic carbocycles. The first-order valence-electron chi connectivity index (χ1n) is 7.68. The first-order valence-corrected chi connectivity index (χ1v) is 7.68. The second-order valence-corrected chi connectivity index (χ2v) is 5.76. The van der Waals surface area contributed by atoms with Gasteiger partial charge >= 0.3 is 6.18 Å². The Morgan fingerprint density at radius 1 is 1.44 bits per heavy atom. The molecule has 2 rings (SSSR count). The number of halogens is 3. The fourth-order valence-electron chi connectivity index (χ4n) is 2.84. The van der Waals surface area contributed by atoms with Crippen molar-refractivity contribution in [3.05, 3.63) is 18.0 Å². The third-order valence-electron chi connectivity index (χ3n) is 4.05. The minimum Gasteiger partial charge on any atom is -0.286 e. The summed E-state index contributed by atoms with van der Waals surface area (Å²) in [7, 11) is 0. The third-order valence-corrected chi connectivity index (χ3v) is 4.05. The number of alkyl halides is 3. The van der Waals surface area contributed by atoms with E-state index in [2.05, 4.69) is 20.8 Å². The van der Waals surface area contributed by atoms with E-state index >= 15 is 0 Å². The summed E-state index contributed by atoms with van der Waals surface area (Å²) in [6.07, 6.45) is -0.109. The predicted molar refractivity (Wildman–Crippen MR) is 78.8 cm³/mol. The van der Waals surface area contributed by atoms with Crippen molar-refractivity contribution in [2.45, 2.75) is 31.9 Å². The van der Waals surface area contributed by atoms with Crippen molar-refractivity contribution in [1.82, 2.24) is 20.5 Å². The molecule has 1 unspecified atom stereocenters. The van der Waals surface area contributed by atoms with Crippen molar-refractivity contribution in [3.63, 3.8) is 0 Å². The van der Waals surface area contributed by atoms with Gasteiger partial charge in [-0.05, 0) is 24.8 Å². The highest BCUT2D eigenvalue weighted by Gasteiger charge is 2.34. The van der Waals surface area contributed by atoms with E-state index in [0.717, 1.165) is 31.9 Å². The van der Waals surface area contributed by atoms with E-state index in [0.29, 0.717) is 11.1 Å². The van der Waals surface area contributed by atoms with Crippen LogP contribution in [0.3, 0.4) is 0 Å². The van der Waals surface area contributed by atoms with Crippen LogP contribution in [-0.4, -0.2) is 39.1 Å². The van der Waals surface area contributed by atoms with E-state index < -0.39 is 29.6 Å². The maximum atomic E-state index is 12.6. The number of hydrazine groups is 1. The van der Waals surface area contributed by atoms with Crippen LogP contribution in [0.4, 0.5) is 19.1 Å². The van der Waals surface area contributed by atoms with Crippen LogP contribution in [0.1, 0.15) is 31.4 Å². The van der Waals surface area contributed by atoms with Crippen molar-refractivity contribution in [3.8, 4) is 0 Å². The molecule has 1 aromatic rings. The quantitative estimate of drug-likeness (QED) is 0.387. The van der Waals surface area contributed by atoms with Crippen LogP contribution in [0.25, 0.3) is 0 Å². The Hall–Kier alpha value is -2.43. The topological polar surface area (TPSA) is 107 Å². The van der Waals surface area contributed by atoms with Crippen LogP contribution in [0.15, 0.2) is 12.3 Å². The van der Waals surface area contributed by atoms with E-state index in [1.54, 1.807) is 0 Å². The molecule has 1 aliphatic rings. The predicted octanol–water partition coefficient (Wildman–Crippen LogP) is 1.59. The summed E-state index contributed by atoms with van der Waals surface area (Å²) in [6.45, 7) is -0.203. The molecule has 25 heavy (non-hydrogen) atoms. The van der Waals surface area contributed by atoms with Gasteiger partial charge in [-0.15, -0.1) is 0 Å². The molecule has 1 fully saturated rings. The fourth-order valence-corrected chi connectivity index (χ4v) is 2.84. The number of nitrogens with zero attached hydrogens (tertiary/aromatic N) is 3. The maximum absolute atomic E-state index is 12.6. The van der Waals surface area contributed by atoms with E-state index in [4.69, 9.17) is 0 Å². The van der Waals surface area contributed by atoms with Crippen molar-refractivity contribution >= 4 is 18.3 Å². The van der Waals surface area contributed by atoms with Gasteiger partial charge in [0.15, 0.2) is 0 Å². The van der Waals surface area contributed by atoms with Gasteiger partial charge in [-0.1, -0.05) is 12.8 Å². The largest absolute Gasteiger partial charge is 0.433 e. The van der Waals surface area contributed by atoms with Gasteiger partial charge in [0.1, 0.15) is 5.69 Å². The fraction of sp³-hybridized carbons (Fsp3) is 0.571. The third kappa shape index (κ3) is 5.28. The molecule has 138 valence electrons. The summed E-state index contributed by atoms with van der Waals surface area (Å²) in [4.78, 5) is 29.8. The number of aromatic nitrogens is 2. The van der Waals surface area contributed by atoms with Crippen LogP contribution >= 0.6 is 0 Å². The first kappa shape index (κ1) is 18.9. The average Bonchev–Trinajstić information content (AvgIpc) is 3.11. The summed E-state index contributed by atoms with van der Waals surface area (Å²) in [5, 5.41) is 9.74. The molecule has 0 bridgehead atoms. The molecule has 1 saturated carbocycles. The lowest BCUT2D eigenvalue weighted by atomic mass is 9.90. The molecule has 0 aromatic carbocycles. The Morgan fingerprint density at radius 2 is 2.12 bits per heavy atom. The van der Waals surface area contributed by atoms with Crippen LogP contribution in [-0.2, 0) is 15.8 Å². The van der Waals surface area contributed by atoms with Crippen LogP contribution < -0.4 is 10.9 Å². The van der Waals surface area contributed by atoms with Gasteiger partial charge in [0.05, 0.1) is 12.5 Å². The number of hydrogen-bond donors (Lipinski definition) is 3. The van der Waals surface area contributed by atoms with Gasteiger partial charge in [0, 0.05) is 6.20 Å². The zero-order chi connectivity index (χ0) is 18.4. The van der Waals surface area contributed by atoms with Crippen molar-refractivity contribution in [2.75, 3.05) is 12.0 Å². The Kier molecular flexibility index (Phi) is 6.12. The second kappa shape index (κ2) is 8.10. The summed E-state index contributed by atoms with van der Waals surface area (Å²) >= 11 is 0. The first-order chi connectivity index (χ1) is 11.8. The van der Waals surface area contributed by atoms with Gasteiger partial charge in [0.25, 0.3) is 0 Å². The zero-order valence-corrected chi connectivity index (χ0v) is 13.2. The molecule has 2 amide bonds. The summed E-state index contributed by atoms with van der Waals surface area (Å²) in [5.74, 6) is -1.70. The minimum atomic E-state index is -4.63. The Labute approximate surface area is 141 Å². The lowest BCUT2D eigenvalue weighted by Crippen LogP contribution is -2.43. The molecule has 1 heterocycles. The lowest BCUT2D eigenvalue weighted by Gasteiger charge is -2.24. The zero-order valence-electron chi connectivity index (χ0n) is 13.2. The van der Waals surface area contributed by atoms with Gasteiger partial charge in [0.2, 0.25) is 18.3 Å². The van der Waals surface area contributed by atoms with E-state index in [1.807, 2.05) is 0 Å². The van der Waals surface area contributed by atoms with Crippen LogP contribution in [0.2, 0.25) is 0 Å². The molecular weight excluding hydrogens is 343 g/mol. The average molecular weight is 361 g/mol. The molecule has 0 radical (unpaired) electrons. The van der Waals surface area contributed by atoms with E-state index in [-0.39, 0.29) is 18.9 Å². The van der Waals surface area contributed by atoms with Gasteiger partial charge in [-0.3, -0.25) is 25.6 Å². The molecule has 0 aliphatic heterocycles. The second-order valence-electron chi connectivity index (χ2n) is 5.76. The van der Waals surface area contributed by atoms with Crippen molar-refractivity contribution in [2.24, 2.45) is 11.8 Å². The van der Waals surface area contributed by atoms with Gasteiger partial charge in [-0.25, -0.2) is 15.0 Å². The monoisotopic (exact) mass is 361 g/mol. The summed E-state index contributed by atoms with van der Waals surface area (Å²) in [6, 6.07) is 0.710. The molecule has 0 spiro atoms. The van der Waals surface area contributed by atoms with Gasteiger partial charge in [-0.2, -0.15) is 13.2 Å². The minimum absolute atomic E-state index is 0.0289. The highest BCUT2D eigenvalue weighted by atomic mass is 19.4. The highest BCUT2D eigenvalue weighted by molar-refractivity contribution is 5.80. The highest BCUT2D eigenvalue weighted by Crippen LogP contribution is 2.32. The summed E-state index contributed by atoms with van der Waals surface area (Å²) in [5.41, 5.74) is 3.35. The van der Waals surface area contributed by atoms with Crippen molar-refractivity contribution in [1.29, 1.82) is 0 Å². The Balaban J connectivity index is 2.01. The molecule has 3 N–H and O–H groups in total. The number of anilines is 1. The number of hydroxylamine groups is 2. The normalized spacial score (nSPS) is 16.3. The molecule has 1 aromatic heterocycles. The maximum Gasteiger partial charge on any atom is 0.433 e. The Bertz CT molecular complexity index is 608. The smallest absolute Gasteiger partial charge is 0.286 e. The van der Waals surface area contributed by atoms with Crippen LogP contribution in [0.5, 0.6) is 0 Å². The number of nitrogens with one attached hydrogen (secondary N) is 2. The molecule has 8 nitrogen and oxygen atoms in total. The molecule has 11 heteroatoms. The van der Waals surface area contributed by atoms with Crippen LogP contribution in [0, 0.1) is 11.8 Å².